The molecule has 2 N–H and O–H groups in total. The van der Waals surface area contributed by atoms with Gasteiger partial charge in [0.25, 0.3) is 0 Å². The van der Waals surface area contributed by atoms with Crippen molar-refractivity contribution in [3.8, 4) is 0 Å². The summed E-state index contributed by atoms with van der Waals surface area (Å²) in [5.74, 6) is -0.623. The van der Waals surface area contributed by atoms with Crippen molar-refractivity contribution in [2.75, 3.05) is 20.7 Å². The summed E-state index contributed by atoms with van der Waals surface area (Å²) in [5.41, 5.74) is 5.90. The van der Waals surface area contributed by atoms with Crippen molar-refractivity contribution in [2.24, 2.45) is 17.6 Å². The van der Waals surface area contributed by atoms with E-state index in [0.29, 0.717) is 6.54 Å². The summed E-state index contributed by atoms with van der Waals surface area (Å²) < 4.78 is 4.64. The summed E-state index contributed by atoms with van der Waals surface area (Å²) in [6.07, 6.45) is 2.78. The van der Waals surface area contributed by atoms with Crippen LogP contribution in [0.2, 0.25) is 0 Å². The second kappa shape index (κ2) is 6.00. The third-order valence-corrected chi connectivity index (χ3v) is 3.41. The van der Waals surface area contributed by atoms with Crippen LogP contribution in [0.5, 0.6) is 0 Å². The molecule has 1 rings (SSSR count). The lowest BCUT2D eigenvalue weighted by atomic mass is 10.0. The van der Waals surface area contributed by atoms with Crippen LogP contribution in [-0.4, -0.2) is 43.5 Å². The van der Waals surface area contributed by atoms with E-state index in [0.717, 1.165) is 19.3 Å². The molecule has 1 aliphatic carbocycles. The van der Waals surface area contributed by atoms with Gasteiger partial charge in [-0.3, -0.25) is 9.59 Å². The molecular formula is C12H22N2O3. The van der Waals surface area contributed by atoms with Gasteiger partial charge in [-0.1, -0.05) is 13.3 Å². The SMILES string of the molecule is COC(=O)C(C)CN(C)C(=O)C1CCCC1N. The molecule has 0 aromatic carbocycles. The molecular weight excluding hydrogens is 220 g/mol. The van der Waals surface area contributed by atoms with Crippen LogP contribution in [0.3, 0.4) is 0 Å². The van der Waals surface area contributed by atoms with E-state index in [1.165, 1.54) is 7.11 Å². The Morgan fingerprint density at radius 3 is 2.59 bits per heavy atom. The lowest BCUT2D eigenvalue weighted by molar-refractivity contribution is -0.146. The smallest absolute Gasteiger partial charge is 0.310 e. The minimum Gasteiger partial charge on any atom is -0.469 e. The van der Waals surface area contributed by atoms with Gasteiger partial charge in [0.05, 0.1) is 18.9 Å². The summed E-state index contributed by atoms with van der Waals surface area (Å²) >= 11 is 0. The molecule has 0 saturated heterocycles. The van der Waals surface area contributed by atoms with Crippen LogP contribution in [0.15, 0.2) is 0 Å². The minimum absolute atomic E-state index is 0.0293. The highest BCUT2D eigenvalue weighted by Gasteiger charge is 2.33. The predicted molar refractivity (Wildman–Crippen MR) is 64.1 cm³/mol. The van der Waals surface area contributed by atoms with Crippen molar-refractivity contribution in [2.45, 2.75) is 32.2 Å². The molecule has 3 unspecified atom stereocenters. The number of carbonyl (C=O) groups excluding carboxylic acids is 2. The van der Waals surface area contributed by atoms with E-state index in [9.17, 15) is 9.59 Å². The quantitative estimate of drug-likeness (QED) is 0.723. The molecule has 1 amide bonds. The largest absolute Gasteiger partial charge is 0.469 e. The van der Waals surface area contributed by atoms with Crippen LogP contribution in [0.25, 0.3) is 0 Å². The van der Waals surface area contributed by atoms with Gasteiger partial charge in [0.1, 0.15) is 0 Å². The van der Waals surface area contributed by atoms with Crippen LogP contribution < -0.4 is 5.73 Å². The Hall–Kier alpha value is -1.10. The van der Waals surface area contributed by atoms with Crippen LogP contribution in [-0.2, 0) is 14.3 Å². The van der Waals surface area contributed by atoms with E-state index >= 15 is 0 Å². The monoisotopic (exact) mass is 242 g/mol. The normalized spacial score (nSPS) is 25.4. The first-order valence-corrected chi connectivity index (χ1v) is 6.05. The number of esters is 1. The first-order chi connectivity index (χ1) is 7.97. The molecule has 0 spiro atoms. The van der Waals surface area contributed by atoms with Crippen LogP contribution >= 0.6 is 0 Å². The molecule has 98 valence electrons. The van der Waals surface area contributed by atoms with E-state index in [4.69, 9.17) is 5.73 Å². The topological polar surface area (TPSA) is 72.6 Å². The highest BCUT2D eigenvalue weighted by molar-refractivity contribution is 5.80. The number of hydrogen-bond acceptors (Lipinski definition) is 4. The molecule has 1 fully saturated rings. The zero-order valence-corrected chi connectivity index (χ0v) is 10.8. The fourth-order valence-corrected chi connectivity index (χ4v) is 2.35. The Bertz CT molecular complexity index is 293. The number of nitrogens with two attached hydrogens (primary N) is 1. The first kappa shape index (κ1) is 14.0. The average molecular weight is 242 g/mol. The molecule has 3 atom stereocenters. The van der Waals surface area contributed by atoms with Crippen LogP contribution in [0.4, 0.5) is 0 Å². The third-order valence-electron chi connectivity index (χ3n) is 3.41. The van der Waals surface area contributed by atoms with Gasteiger partial charge in [0, 0.05) is 19.6 Å². The molecule has 5 nitrogen and oxygen atoms in total. The van der Waals surface area contributed by atoms with E-state index in [1.54, 1.807) is 18.9 Å². The maximum absolute atomic E-state index is 12.1. The standard InChI is InChI=1S/C12H22N2O3/c1-8(12(16)17-3)7-14(2)11(15)9-5-4-6-10(9)13/h8-10H,4-7,13H2,1-3H3. The van der Waals surface area contributed by atoms with E-state index < -0.39 is 0 Å². The maximum atomic E-state index is 12.1. The fourth-order valence-electron chi connectivity index (χ4n) is 2.35. The molecule has 17 heavy (non-hydrogen) atoms. The Morgan fingerprint density at radius 2 is 2.12 bits per heavy atom. The van der Waals surface area contributed by atoms with Gasteiger partial charge < -0.3 is 15.4 Å². The summed E-state index contributed by atoms with van der Waals surface area (Å²) in [5, 5.41) is 0. The van der Waals surface area contributed by atoms with E-state index in [-0.39, 0.29) is 29.8 Å². The van der Waals surface area contributed by atoms with E-state index in [1.807, 2.05) is 0 Å². The third kappa shape index (κ3) is 3.43. The number of nitrogens with zero attached hydrogens (tertiary/aromatic N) is 1. The zero-order chi connectivity index (χ0) is 13.0. The van der Waals surface area contributed by atoms with Crippen molar-refractivity contribution in [3.05, 3.63) is 0 Å². The summed E-state index contributed by atoms with van der Waals surface area (Å²) in [7, 11) is 3.07. The molecule has 0 aliphatic heterocycles. The van der Waals surface area contributed by atoms with Gasteiger partial charge in [0.2, 0.25) is 5.91 Å². The van der Waals surface area contributed by atoms with Crippen molar-refractivity contribution < 1.29 is 14.3 Å². The molecule has 0 heterocycles. The van der Waals surface area contributed by atoms with Gasteiger partial charge in [-0.15, -0.1) is 0 Å². The van der Waals surface area contributed by atoms with Crippen molar-refractivity contribution in [1.29, 1.82) is 0 Å². The Balaban J connectivity index is 2.49. The molecule has 5 heteroatoms. The number of hydrogen-bond donors (Lipinski definition) is 1. The van der Waals surface area contributed by atoms with Crippen LogP contribution in [0, 0.1) is 11.8 Å². The average Bonchev–Trinajstić information content (AvgIpc) is 2.73. The minimum atomic E-state index is -0.299. The molecule has 0 aromatic heterocycles. The zero-order valence-electron chi connectivity index (χ0n) is 10.8. The predicted octanol–water partition coefficient (Wildman–Crippen LogP) is 0.381. The van der Waals surface area contributed by atoms with Gasteiger partial charge in [-0.25, -0.2) is 0 Å². The van der Waals surface area contributed by atoms with Crippen molar-refractivity contribution in [1.82, 2.24) is 4.90 Å². The van der Waals surface area contributed by atoms with Gasteiger partial charge >= 0.3 is 5.97 Å². The molecule has 0 radical (unpaired) electrons. The van der Waals surface area contributed by atoms with Gasteiger partial charge in [0.15, 0.2) is 0 Å². The first-order valence-electron chi connectivity index (χ1n) is 6.05. The Morgan fingerprint density at radius 1 is 1.47 bits per heavy atom. The number of ether oxygens (including phenoxy) is 1. The van der Waals surface area contributed by atoms with Crippen LogP contribution in [0.1, 0.15) is 26.2 Å². The number of rotatable bonds is 4. The van der Waals surface area contributed by atoms with E-state index in [2.05, 4.69) is 4.74 Å². The number of methoxy groups -OCH3 is 1. The molecule has 0 bridgehead atoms. The van der Waals surface area contributed by atoms with Gasteiger partial charge in [-0.2, -0.15) is 0 Å². The number of amides is 1. The van der Waals surface area contributed by atoms with Crippen molar-refractivity contribution in [3.63, 3.8) is 0 Å². The number of carbonyl (C=O) groups is 2. The molecule has 1 aliphatic rings. The Kier molecular flexibility index (Phi) is 4.93. The summed E-state index contributed by atoms with van der Waals surface area (Å²) in [6.45, 7) is 2.14. The second-order valence-corrected chi connectivity index (χ2v) is 4.84. The highest BCUT2D eigenvalue weighted by atomic mass is 16.5. The van der Waals surface area contributed by atoms with Crippen molar-refractivity contribution >= 4 is 11.9 Å². The lowest BCUT2D eigenvalue weighted by Gasteiger charge is -2.25. The lowest BCUT2D eigenvalue weighted by Crippen LogP contribution is -2.42. The fraction of sp³-hybridized carbons (Fsp3) is 0.833. The molecule has 0 aromatic rings. The summed E-state index contributed by atoms with van der Waals surface area (Å²) in [4.78, 5) is 25.0. The highest BCUT2D eigenvalue weighted by Crippen LogP contribution is 2.25. The molecule has 1 saturated carbocycles. The Labute approximate surface area is 102 Å². The second-order valence-electron chi connectivity index (χ2n) is 4.84. The maximum Gasteiger partial charge on any atom is 0.310 e. The van der Waals surface area contributed by atoms with Gasteiger partial charge in [-0.05, 0) is 12.8 Å². The summed E-state index contributed by atoms with van der Waals surface area (Å²) in [6, 6.07) is -0.0293.